The lowest BCUT2D eigenvalue weighted by atomic mass is 9.68. The van der Waals surface area contributed by atoms with Crippen LogP contribution in [0.1, 0.15) is 66.2 Å². The number of piperazine rings is 1. The van der Waals surface area contributed by atoms with E-state index in [0.717, 1.165) is 43.7 Å². The highest BCUT2D eigenvalue weighted by Gasteiger charge is 2.57. The van der Waals surface area contributed by atoms with Crippen molar-refractivity contribution in [3.63, 3.8) is 0 Å². The van der Waals surface area contributed by atoms with Gasteiger partial charge in [0.05, 0.1) is 18.4 Å². The van der Waals surface area contributed by atoms with Crippen LogP contribution in [0.4, 0.5) is 13.6 Å². The molecule has 6 fully saturated rings. The maximum atomic E-state index is 16.7. The molecule has 45 heavy (non-hydrogen) atoms. The fourth-order valence-electron chi connectivity index (χ4n) is 9.69. The van der Waals surface area contributed by atoms with Crippen molar-refractivity contribution in [2.75, 3.05) is 31.1 Å². The second-order valence-electron chi connectivity index (χ2n) is 14.9. The smallest absolute Gasteiger partial charge is 0.320 e. The van der Waals surface area contributed by atoms with Crippen molar-refractivity contribution < 1.29 is 18.4 Å². The van der Waals surface area contributed by atoms with Gasteiger partial charge in [-0.25, -0.2) is 13.6 Å². The molecule has 1 aliphatic carbocycles. The van der Waals surface area contributed by atoms with E-state index in [-0.39, 0.29) is 66.4 Å². The Morgan fingerprint density at radius 3 is 2.58 bits per heavy atom. The quantitative estimate of drug-likeness (QED) is 0.299. The molecule has 5 aliphatic heterocycles. The summed E-state index contributed by atoms with van der Waals surface area (Å²) in [6.45, 7) is 14.2. The molecule has 0 aromatic carbocycles. The third kappa shape index (κ3) is 6.53. The molecule has 5 heterocycles. The van der Waals surface area contributed by atoms with Crippen molar-refractivity contribution in [3.05, 3.63) is 12.7 Å². The first-order valence-corrected chi connectivity index (χ1v) is 19.9. The molecule has 1 saturated carbocycles. The van der Waals surface area contributed by atoms with Crippen molar-refractivity contribution in [2.45, 2.75) is 121 Å². The van der Waals surface area contributed by atoms with Gasteiger partial charge in [-0.1, -0.05) is 48.4 Å². The van der Waals surface area contributed by atoms with E-state index in [0.29, 0.717) is 31.3 Å². The van der Waals surface area contributed by atoms with E-state index in [2.05, 4.69) is 48.2 Å². The van der Waals surface area contributed by atoms with Crippen LogP contribution in [0.5, 0.6) is 0 Å². The van der Waals surface area contributed by atoms with Gasteiger partial charge in [-0.15, -0.1) is 0 Å². The van der Waals surface area contributed by atoms with Gasteiger partial charge in [0.1, 0.15) is 12.3 Å². The molecule has 12 heteroatoms. The third-order valence-corrected chi connectivity index (χ3v) is 14.4. The van der Waals surface area contributed by atoms with Gasteiger partial charge >= 0.3 is 6.03 Å². The highest BCUT2D eigenvalue weighted by atomic mass is 33.1. The Hall–Kier alpha value is -1.08. The molecular weight excluding hydrogens is 615 g/mol. The van der Waals surface area contributed by atoms with Gasteiger partial charge in [0, 0.05) is 60.6 Å². The third-order valence-electron chi connectivity index (χ3n) is 11.9. The number of fused-ring (bicyclic) bond motifs is 5. The van der Waals surface area contributed by atoms with Crippen LogP contribution in [0.3, 0.4) is 0 Å². The fourth-order valence-corrected chi connectivity index (χ4v) is 12.3. The molecule has 0 aromatic rings. The molecule has 8 nitrogen and oxygen atoms in total. The zero-order valence-electron chi connectivity index (χ0n) is 27.4. The van der Waals surface area contributed by atoms with Crippen LogP contribution < -0.4 is 16.0 Å². The second-order valence-corrected chi connectivity index (χ2v) is 17.5. The summed E-state index contributed by atoms with van der Waals surface area (Å²) >= 11 is 0. The number of hydrogen-bond acceptors (Lipinski definition) is 7. The summed E-state index contributed by atoms with van der Waals surface area (Å²) in [6.07, 6.45) is 2.76. The molecule has 3 amide bonds. The molecule has 0 spiro atoms. The predicted octanol–water partition coefficient (Wildman–Crippen LogP) is 4.63. The standard InChI is InChI=1S/C33H54F2N6O2S2/c1-6-26(42)39-15-20(5)40(16-19(39)4)31-23-14-25(35)29-27-21(8-7-9-24(27)34)11-13-44-45-17-22-10-12-36-28(18(2)3)30(22)41(32(23)37-29)33(43)38-31/h6,18-25,27-32,36-37H,1,7-17H2,2-5H3,(H,38,43)/t19-,20+,21?,22?,23?,24?,25?,27?,28?,29?,30?,31?,32?/m1/s1. The number of rotatable bonds is 3. The Labute approximate surface area is 276 Å². The summed E-state index contributed by atoms with van der Waals surface area (Å²) in [4.78, 5) is 33.3. The Balaban J connectivity index is 1.39. The summed E-state index contributed by atoms with van der Waals surface area (Å²) in [6, 6.07) is -0.810. The predicted molar refractivity (Wildman–Crippen MR) is 179 cm³/mol. The van der Waals surface area contributed by atoms with Crippen molar-refractivity contribution in [2.24, 2.45) is 29.6 Å². The maximum Gasteiger partial charge on any atom is 0.320 e. The number of carbonyl (C=O) groups excluding carboxylic acids is 2. The van der Waals surface area contributed by atoms with E-state index in [1.807, 2.05) is 38.3 Å². The number of piperidine rings is 2. The summed E-state index contributed by atoms with van der Waals surface area (Å²) in [7, 11) is 3.77. The number of carbonyl (C=O) groups is 2. The Morgan fingerprint density at radius 1 is 1.02 bits per heavy atom. The highest BCUT2D eigenvalue weighted by molar-refractivity contribution is 8.76. The van der Waals surface area contributed by atoms with Crippen LogP contribution >= 0.6 is 21.6 Å². The average molecular weight is 669 g/mol. The van der Waals surface area contributed by atoms with Gasteiger partial charge in [-0.05, 0) is 76.3 Å². The topological polar surface area (TPSA) is 80.0 Å². The molecule has 6 aliphatic rings. The Bertz CT molecular complexity index is 1090. The zero-order chi connectivity index (χ0) is 32.0. The number of hydrogen-bond donors (Lipinski definition) is 3. The summed E-state index contributed by atoms with van der Waals surface area (Å²) < 4.78 is 32.6. The van der Waals surface area contributed by atoms with Gasteiger partial charge in [0.15, 0.2) is 0 Å². The molecule has 6 rings (SSSR count). The van der Waals surface area contributed by atoms with Gasteiger partial charge in [-0.2, -0.15) is 0 Å². The first-order valence-electron chi connectivity index (χ1n) is 17.4. The van der Waals surface area contributed by atoms with Crippen LogP contribution in [0.2, 0.25) is 0 Å². The Kier molecular flexibility index (Phi) is 10.7. The number of halogens is 2. The van der Waals surface area contributed by atoms with E-state index >= 15 is 8.78 Å². The largest absolute Gasteiger partial charge is 0.334 e. The molecule has 254 valence electrons. The number of nitrogens with one attached hydrogen (secondary N) is 3. The number of urea groups is 1. The molecule has 11 unspecified atom stereocenters. The van der Waals surface area contributed by atoms with Crippen LogP contribution in [0, 0.1) is 29.6 Å². The first kappa shape index (κ1) is 33.8. The van der Waals surface area contributed by atoms with Crippen molar-refractivity contribution in [3.8, 4) is 0 Å². The molecule has 3 N–H and O–H groups in total. The van der Waals surface area contributed by atoms with Crippen LogP contribution in [0.15, 0.2) is 12.7 Å². The molecule has 13 atom stereocenters. The summed E-state index contributed by atoms with van der Waals surface area (Å²) in [5.41, 5.74) is 0. The van der Waals surface area contributed by atoms with Gasteiger partial charge in [0.2, 0.25) is 5.91 Å². The van der Waals surface area contributed by atoms with E-state index in [4.69, 9.17) is 0 Å². The van der Waals surface area contributed by atoms with Gasteiger partial charge in [0.25, 0.3) is 0 Å². The lowest BCUT2D eigenvalue weighted by molar-refractivity contribution is -0.136. The monoisotopic (exact) mass is 668 g/mol. The van der Waals surface area contributed by atoms with Crippen LogP contribution in [-0.4, -0.2) is 113 Å². The number of alkyl halides is 2. The van der Waals surface area contributed by atoms with E-state index in [1.54, 1.807) is 0 Å². The van der Waals surface area contributed by atoms with Crippen LogP contribution in [-0.2, 0) is 4.79 Å². The average Bonchev–Trinajstić information content (AvgIpc) is 3.02. The molecule has 5 saturated heterocycles. The number of nitrogens with zero attached hydrogens (tertiary/aromatic N) is 3. The minimum absolute atomic E-state index is 0.0358. The van der Waals surface area contributed by atoms with E-state index < -0.39 is 24.6 Å². The van der Waals surface area contributed by atoms with Crippen LogP contribution in [0.25, 0.3) is 0 Å². The lowest BCUT2D eigenvalue weighted by Gasteiger charge is -2.60. The maximum absolute atomic E-state index is 16.7. The zero-order valence-corrected chi connectivity index (χ0v) is 29.0. The highest BCUT2D eigenvalue weighted by Crippen LogP contribution is 2.46. The molecule has 0 aromatic heterocycles. The van der Waals surface area contributed by atoms with Crippen molar-refractivity contribution >= 4 is 33.5 Å². The summed E-state index contributed by atoms with van der Waals surface area (Å²) in [5, 5.41) is 10.9. The first-order chi connectivity index (χ1) is 21.6. The molecule has 0 radical (unpaired) electrons. The lowest BCUT2D eigenvalue weighted by Crippen LogP contribution is -2.80. The van der Waals surface area contributed by atoms with E-state index in [9.17, 15) is 9.59 Å². The van der Waals surface area contributed by atoms with E-state index in [1.165, 1.54) is 6.08 Å². The normalized spacial score (nSPS) is 44.9. The van der Waals surface area contributed by atoms with Crippen molar-refractivity contribution in [1.82, 2.24) is 30.7 Å². The minimum Gasteiger partial charge on any atom is -0.334 e. The minimum atomic E-state index is -1.21. The molecular formula is C33H54F2N6O2S2. The summed E-state index contributed by atoms with van der Waals surface area (Å²) in [5.74, 6) is 1.93. The van der Waals surface area contributed by atoms with Crippen molar-refractivity contribution in [1.29, 1.82) is 0 Å². The van der Waals surface area contributed by atoms with Gasteiger partial charge < -0.3 is 20.4 Å². The SMILES string of the molecule is C=CC(=O)N1C[C@H](C)N(C2NC(=O)N3C4NC(C(F)CC42)C2C(F)CCCC2CCSSCC2CCNC(C(C)C)C23)C[C@H]1C. The fraction of sp³-hybridized carbons (Fsp3) is 0.879. The second kappa shape index (κ2) is 14.2. The molecule has 2 bridgehead atoms. The number of amides is 3. The Morgan fingerprint density at radius 2 is 1.82 bits per heavy atom. The van der Waals surface area contributed by atoms with Gasteiger partial charge in [-0.3, -0.25) is 15.0 Å².